The highest BCUT2D eigenvalue weighted by atomic mass is 31.1. The van der Waals surface area contributed by atoms with Crippen molar-refractivity contribution < 1.29 is 0 Å². The smallest absolute Gasteiger partial charge is 0.0796 e. The molecule has 0 saturated carbocycles. The Morgan fingerprint density at radius 1 is 1.20 bits per heavy atom. The van der Waals surface area contributed by atoms with Gasteiger partial charge in [0.2, 0.25) is 0 Å². The van der Waals surface area contributed by atoms with E-state index in [9.17, 15) is 0 Å². The summed E-state index contributed by atoms with van der Waals surface area (Å²) in [5.41, 5.74) is 6.58. The van der Waals surface area contributed by atoms with Gasteiger partial charge < -0.3 is 5.32 Å². The Kier molecular flexibility index (Phi) is 6.04. The van der Waals surface area contributed by atoms with Crippen LogP contribution in [0.4, 0.5) is 0 Å². The monoisotopic (exact) mass is 350 g/mol. The summed E-state index contributed by atoms with van der Waals surface area (Å²) in [7, 11) is 0.803. The highest BCUT2D eigenvalue weighted by Gasteiger charge is 2.20. The molecule has 3 unspecified atom stereocenters. The van der Waals surface area contributed by atoms with Gasteiger partial charge in [0.1, 0.15) is 0 Å². The van der Waals surface area contributed by atoms with Crippen molar-refractivity contribution in [2.75, 3.05) is 6.16 Å². The molecule has 1 N–H and O–H groups in total. The summed E-state index contributed by atoms with van der Waals surface area (Å²) in [6.07, 6.45) is 4.34. The van der Waals surface area contributed by atoms with E-state index in [0.717, 1.165) is 21.2 Å². The maximum absolute atomic E-state index is 5.01. The first-order chi connectivity index (χ1) is 12.2. The molecule has 1 heterocycles. The summed E-state index contributed by atoms with van der Waals surface area (Å²) in [6.45, 7) is 6.55. The van der Waals surface area contributed by atoms with Gasteiger partial charge in [-0.1, -0.05) is 75.7 Å². The van der Waals surface area contributed by atoms with E-state index in [1.165, 1.54) is 27.7 Å². The first kappa shape index (κ1) is 17.9. The molecule has 2 aromatic carbocycles. The van der Waals surface area contributed by atoms with Crippen molar-refractivity contribution in [3.05, 3.63) is 83.1 Å². The van der Waals surface area contributed by atoms with Gasteiger partial charge in [0.25, 0.3) is 0 Å². The first-order valence-corrected chi connectivity index (χ1v) is 10.3. The normalized spacial score (nSPS) is 19.7. The number of rotatable bonds is 6. The summed E-state index contributed by atoms with van der Waals surface area (Å²) < 4.78 is 0. The molecule has 1 aliphatic rings. The van der Waals surface area contributed by atoms with Crippen LogP contribution in [0.15, 0.2) is 71.4 Å². The lowest BCUT2D eigenvalue weighted by atomic mass is 10.1. The Balaban J connectivity index is 1.69. The number of hydrogen-bond donors (Lipinski definition) is 1. The molecule has 3 atom stereocenters. The zero-order chi connectivity index (χ0) is 17.6. The van der Waals surface area contributed by atoms with Gasteiger partial charge in [-0.05, 0) is 43.1 Å². The quantitative estimate of drug-likeness (QED) is 0.657. The second-order valence-electron chi connectivity index (χ2n) is 6.61. The zero-order valence-electron chi connectivity index (χ0n) is 15.3. The van der Waals surface area contributed by atoms with Crippen LogP contribution in [0, 0.1) is 6.92 Å². The lowest BCUT2D eigenvalue weighted by molar-refractivity contribution is 0.682. The van der Waals surface area contributed by atoms with Crippen molar-refractivity contribution >= 4 is 14.0 Å². The molecular formula is C22H27N2P. The van der Waals surface area contributed by atoms with Gasteiger partial charge in [0, 0.05) is 12.2 Å². The second-order valence-corrected chi connectivity index (χ2v) is 7.84. The number of aryl methyl sites for hydroxylation is 1. The molecule has 0 fully saturated rings. The summed E-state index contributed by atoms with van der Waals surface area (Å²) in [4.78, 5) is 5.01. The molecule has 1 aliphatic heterocycles. The van der Waals surface area contributed by atoms with Gasteiger partial charge in [0.05, 0.1) is 11.5 Å². The van der Waals surface area contributed by atoms with Crippen molar-refractivity contribution in [1.82, 2.24) is 5.32 Å². The highest BCUT2D eigenvalue weighted by molar-refractivity contribution is 7.59. The minimum Gasteiger partial charge on any atom is -0.384 e. The fraction of sp³-hybridized carbons (Fsp3) is 0.318. The Labute approximate surface area is 153 Å². The van der Waals surface area contributed by atoms with Gasteiger partial charge in [0.15, 0.2) is 0 Å². The van der Waals surface area contributed by atoms with Gasteiger partial charge in [-0.2, -0.15) is 0 Å². The molecule has 0 radical (unpaired) electrons. The van der Waals surface area contributed by atoms with Gasteiger partial charge >= 0.3 is 0 Å². The maximum atomic E-state index is 5.01. The van der Waals surface area contributed by atoms with Gasteiger partial charge in [-0.3, -0.25) is 4.99 Å². The number of aliphatic imine (C=N–C) groups is 1. The van der Waals surface area contributed by atoms with E-state index in [1.807, 2.05) is 0 Å². The first-order valence-electron chi connectivity index (χ1n) is 9.06. The summed E-state index contributed by atoms with van der Waals surface area (Å²) in [5, 5.41) is 3.56. The number of hydrogen-bond acceptors (Lipinski definition) is 2. The Morgan fingerprint density at radius 3 is 2.60 bits per heavy atom. The molecule has 130 valence electrons. The molecule has 3 heteroatoms. The molecule has 0 bridgehead atoms. The van der Waals surface area contributed by atoms with E-state index in [-0.39, 0.29) is 0 Å². The van der Waals surface area contributed by atoms with Crippen LogP contribution in [0.2, 0.25) is 0 Å². The van der Waals surface area contributed by atoms with Crippen LogP contribution in [0.25, 0.3) is 0 Å². The average molecular weight is 350 g/mol. The third-order valence-corrected chi connectivity index (χ3v) is 6.08. The van der Waals surface area contributed by atoms with Crippen molar-refractivity contribution in [3.63, 3.8) is 0 Å². The topological polar surface area (TPSA) is 24.4 Å². The Bertz CT molecular complexity index is 747. The third kappa shape index (κ3) is 4.58. The predicted molar refractivity (Wildman–Crippen MR) is 111 cm³/mol. The molecule has 2 nitrogen and oxygen atoms in total. The number of benzene rings is 2. The van der Waals surface area contributed by atoms with Crippen LogP contribution in [0.5, 0.6) is 0 Å². The minimum atomic E-state index is 0.303. The van der Waals surface area contributed by atoms with Crippen LogP contribution in [0.3, 0.4) is 0 Å². The molecule has 0 amide bonds. The van der Waals surface area contributed by atoms with Crippen molar-refractivity contribution in [2.24, 2.45) is 4.99 Å². The van der Waals surface area contributed by atoms with Crippen molar-refractivity contribution in [3.8, 4) is 0 Å². The average Bonchev–Trinajstić information content (AvgIpc) is 3.13. The van der Waals surface area contributed by atoms with Crippen LogP contribution in [0.1, 0.15) is 49.0 Å². The second kappa shape index (κ2) is 8.45. The number of nitrogens with zero attached hydrogens (tertiary/aromatic N) is 1. The van der Waals surface area contributed by atoms with E-state index in [2.05, 4.69) is 86.9 Å². The highest BCUT2D eigenvalue weighted by Crippen LogP contribution is 2.37. The lowest BCUT2D eigenvalue weighted by Crippen LogP contribution is -2.13. The van der Waals surface area contributed by atoms with E-state index in [4.69, 9.17) is 4.99 Å². The Morgan fingerprint density at radius 2 is 1.92 bits per heavy atom. The number of allylic oxidation sites excluding steroid dienone is 1. The molecule has 0 saturated heterocycles. The van der Waals surface area contributed by atoms with Crippen LogP contribution >= 0.6 is 8.58 Å². The Hall–Kier alpha value is -1.92. The fourth-order valence-corrected chi connectivity index (χ4v) is 4.46. The molecule has 0 spiro atoms. The van der Waals surface area contributed by atoms with Crippen LogP contribution < -0.4 is 5.32 Å². The fourth-order valence-electron chi connectivity index (χ4n) is 3.02. The molecule has 2 aromatic rings. The van der Waals surface area contributed by atoms with E-state index >= 15 is 0 Å². The molecule has 25 heavy (non-hydrogen) atoms. The largest absolute Gasteiger partial charge is 0.384 e. The maximum Gasteiger partial charge on any atom is 0.0796 e. The summed E-state index contributed by atoms with van der Waals surface area (Å²) in [6, 6.07) is 20.0. The SMILES string of the molecule is CC/C(=C\NC(C)c1ccc(C)cc1)C1=NC(c2ccccc2)CP1. The molecule has 3 rings (SSSR count). The molecule has 0 aromatic heterocycles. The summed E-state index contributed by atoms with van der Waals surface area (Å²) >= 11 is 0. The standard InChI is InChI=1S/C22H27N2P/c1-4-18(14-23-17(3)19-12-10-16(2)11-13-19)22-24-21(15-25-22)20-8-6-5-7-9-20/h5-14,17,21,23,25H,4,15H2,1-3H3/b18-14+. The third-order valence-electron chi connectivity index (χ3n) is 4.70. The minimum absolute atomic E-state index is 0.303. The van der Waals surface area contributed by atoms with Crippen LogP contribution in [-0.2, 0) is 0 Å². The lowest BCUT2D eigenvalue weighted by Gasteiger charge is -2.14. The van der Waals surface area contributed by atoms with Crippen LogP contribution in [-0.4, -0.2) is 11.6 Å². The molecular weight excluding hydrogens is 323 g/mol. The van der Waals surface area contributed by atoms with Gasteiger partial charge in [-0.15, -0.1) is 0 Å². The molecule has 0 aliphatic carbocycles. The van der Waals surface area contributed by atoms with E-state index in [1.54, 1.807) is 0 Å². The zero-order valence-corrected chi connectivity index (χ0v) is 16.3. The van der Waals surface area contributed by atoms with Crippen molar-refractivity contribution in [2.45, 2.75) is 39.3 Å². The number of nitrogens with one attached hydrogen (secondary N) is 1. The van der Waals surface area contributed by atoms with Crippen molar-refractivity contribution in [1.29, 1.82) is 0 Å². The summed E-state index contributed by atoms with van der Waals surface area (Å²) in [5.74, 6) is 0. The van der Waals surface area contributed by atoms with Gasteiger partial charge in [-0.25, -0.2) is 0 Å². The predicted octanol–water partition coefficient (Wildman–Crippen LogP) is 5.77. The van der Waals surface area contributed by atoms with E-state index in [0.29, 0.717) is 12.1 Å². The van der Waals surface area contributed by atoms with E-state index < -0.39 is 0 Å².